The molecule has 0 bridgehead atoms. The summed E-state index contributed by atoms with van der Waals surface area (Å²) in [6, 6.07) is 4.68. The number of ether oxygens (including phenoxy) is 1. The molecule has 2 rings (SSSR count). The zero-order valence-corrected chi connectivity index (χ0v) is 13.0. The quantitative estimate of drug-likeness (QED) is 0.829. The minimum Gasteiger partial charge on any atom is -0.465 e. The number of carbonyl (C=O) groups excluding carboxylic acids is 1. The molecule has 1 aliphatic rings. The Kier molecular flexibility index (Phi) is 4.65. The van der Waals surface area contributed by atoms with Crippen molar-refractivity contribution in [2.45, 2.75) is 18.2 Å². The lowest BCUT2D eigenvalue weighted by Crippen LogP contribution is -2.31. The minimum atomic E-state index is -3.71. The van der Waals surface area contributed by atoms with E-state index in [-0.39, 0.29) is 16.4 Å². The molecule has 0 spiro atoms. The first-order chi connectivity index (χ1) is 9.90. The molecule has 0 aromatic heterocycles. The Morgan fingerprint density at radius 2 is 2.19 bits per heavy atom. The van der Waals surface area contributed by atoms with Gasteiger partial charge < -0.3 is 10.5 Å². The van der Waals surface area contributed by atoms with Crippen LogP contribution in [0.3, 0.4) is 0 Å². The van der Waals surface area contributed by atoms with E-state index < -0.39 is 16.0 Å². The molecular formula is C14H20N2O4S. The molecule has 6 nitrogen and oxygen atoms in total. The van der Waals surface area contributed by atoms with Crippen LogP contribution in [0.5, 0.6) is 0 Å². The van der Waals surface area contributed by atoms with Gasteiger partial charge in [-0.2, -0.15) is 4.31 Å². The first-order valence-electron chi connectivity index (χ1n) is 6.79. The number of nitrogens with zero attached hydrogens (tertiary/aromatic N) is 1. The third kappa shape index (κ3) is 3.09. The molecule has 0 saturated carbocycles. The Balaban J connectivity index is 2.43. The smallest absolute Gasteiger partial charge is 0.339 e. The summed E-state index contributed by atoms with van der Waals surface area (Å²) in [6.45, 7) is 3.08. The molecule has 1 aliphatic heterocycles. The highest BCUT2D eigenvalue weighted by atomic mass is 32.2. The molecule has 1 unspecified atom stereocenters. The number of nitrogens with two attached hydrogens (primary N) is 1. The molecule has 0 aliphatic carbocycles. The zero-order chi connectivity index (χ0) is 15.6. The molecule has 7 heteroatoms. The Bertz CT molecular complexity index is 642. The number of hydrogen-bond donors (Lipinski definition) is 1. The SMILES string of the molecule is COC(=O)c1cc(C)ccc1S(=O)(=O)N1CCC(CN)C1. The maximum Gasteiger partial charge on any atom is 0.339 e. The van der Waals surface area contributed by atoms with Gasteiger partial charge in [-0.15, -0.1) is 0 Å². The summed E-state index contributed by atoms with van der Waals surface area (Å²) < 4.78 is 31.5. The average Bonchev–Trinajstić information content (AvgIpc) is 2.95. The van der Waals surface area contributed by atoms with Gasteiger partial charge in [-0.1, -0.05) is 11.6 Å². The Morgan fingerprint density at radius 3 is 2.76 bits per heavy atom. The number of hydrogen-bond acceptors (Lipinski definition) is 5. The highest BCUT2D eigenvalue weighted by Gasteiger charge is 2.34. The molecule has 1 saturated heterocycles. The predicted molar refractivity (Wildman–Crippen MR) is 78.4 cm³/mol. The number of esters is 1. The second kappa shape index (κ2) is 6.13. The molecule has 1 heterocycles. The Labute approximate surface area is 124 Å². The standard InChI is InChI=1S/C14H20N2O4S/c1-10-3-4-13(12(7-10)14(17)20-2)21(18,19)16-6-5-11(8-15)9-16/h3-4,7,11H,5-6,8-9,15H2,1-2H3. The predicted octanol–water partition coefficient (Wildman–Crippen LogP) is 0.751. The maximum absolute atomic E-state index is 12.7. The van der Waals surface area contributed by atoms with Crippen LogP contribution in [0.2, 0.25) is 0 Å². The topological polar surface area (TPSA) is 89.7 Å². The van der Waals surface area contributed by atoms with Crippen molar-refractivity contribution >= 4 is 16.0 Å². The fraction of sp³-hybridized carbons (Fsp3) is 0.500. The largest absolute Gasteiger partial charge is 0.465 e. The molecule has 1 atom stereocenters. The zero-order valence-electron chi connectivity index (χ0n) is 12.2. The van der Waals surface area contributed by atoms with Crippen LogP contribution in [-0.4, -0.2) is 45.4 Å². The Morgan fingerprint density at radius 1 is 1.48 bits per heavy atom. The van der Waals surface area contributed by atoms with Crippen LogP contribution in [0.4, 0.5) is 0 Å². The number of rotatable bonds is 4. The van der Waals surface area contributed by atoms with E-state index in [9.17, 15) is 13.2 Å². The van der Waals surface area contributed by atoms with Crippen molar-refractivity contribution in [1.82, 2.24) is 4.31 Å². The second-order valence-electron chi connectivity index (χ2n) is 5.24. The normalized spacial score (nSPS) is 19.7. The van der Waals surface area contributed by atoms with Gasteiger partial charge in [0.2, 0.25) is 10.0 Å². The van der Waals surface area contributed by atoms with Crippen LogP contribution in [0.25, 0.3) is 0 Å². The lowest BCUT2D eigenvalue weighted by Gasteiger charge is -2.18. The van der Waals surface area contributed by atoms with Crippen LogP contribution in [0, 0.1) is 12.8 Å². The summed E-state index contributed by atoms with van der Waals surface area (Å²) in [5, 5.41) is 0. The summed E-state index contributed by atoms with van der Waals surface area (Å²) in [4.78, 5) is 11.8. The molecule has 1 aromatic carbocycles. The monoisotopic (exact) mass is 312 g/mol. The summed E-state index contributed by atoms with van der Waals surface area (Å²) in [5.74, 6) is -0.473. The lowest BCUT2D eigenvalue weighted by molar-refractivity contribution is 0.0596. The molecular weight excluding hydrogens is 292 g/mol. The van der Waals surface area contributed by atoms with Gasteiger partial charge in [0.05, 0.1) is 17.6 Å². The van der Waals surface area contributed by atoms with E-state index in [0.717, 1.165) is 12.0 Å². The van der Waals surface area contributed by atoms with Gasteiger partial charge in [0.15, 0.2) is 0 Å². The van der Waals surface area contributed by atoms with Gasteiger partial charge in [0.25, 0.3) is 0 Å². The molecule has 2 N–H and O–H groups in total. The Hall–Kier alpha value is -1.44. The van der Waals surface area contributed by atoms with Gasteiger partial charge in [0, 0.05) is 13.1 Å². The third-order valence-corrected chi connectivity index (χ3v) is 5.66. The second-order valence-corrected chi connectivity index (χ2v) is 7.15. The van der Waals surface area contributed by atoms with Crippen LogP contribution >= 0.6 is 0 Å². The van der Waals surface area contributed by atoms with Crippen molar-refractivity contribution in [2.24, 2.45) is 11.7 Å². The van der Waals surface area contributed by atoms with Gasteiger partial charge in [-0.25, -0.2) is 13.2 Å². The highest BCUT2D eigenvalue weighted by Crippen LogP contribution is 2.27. The van der Waals surface area contributed by atoms with E-state index in [4.69, 9.17) is 10.5 Å². The van der Waals surface area contributed by atoms with E-state index in [1.807, 2.05) is 0 Å². The van der Waals surface area contributed by atoms with Crippen molar-refractivity contribution < 1.29 is 17.9 Å². The highest BCUT2D eigenvalue weighted by molar-refractivity contribution is 7.89. The molecule has 116 valence electrons. The van der Waals surface area contributed by atoms with Crippen LogP contribution in [-0.2, 0) is 14.8 Å². The molecule has 21 heavy (non-hydrogen) atoms. The van der Waals surface area contributed by atoms with Crippen LogP contribution in [0.1, 0.15) is 22.3 Å². The summed E-state index contributed by atoms with van der Waals surface area (Å²) in [7, 11) is -2.47. The van der Waals surface area contributed by atoms with Crippen molar-refractivity contribution in [2.75, 3.05) is 26.7 Å². The number of carbonyl (C=O) groups is 1. The van der Waals surface area contributed by atoms with Crippen LogP contribution in [0.15, 0.2) is 23.1 Å². The third-order valence-electron chi connectivity index (χ3n) is 3.74. The summed E-state index contributed by atoms with van der Waals surface area (Å²) in [6.07, 6.45) is 0.745. The summed E-state index contributed by atoms with van der Waals surface area (Å²) in [5.41, 5.74) is 6.48. The van der Waals surface area contributed by atoms with Crippen molar-refractivity contribution in [3.05, 3.63) is 29.3 Å². The fourth-order valence-electron chi connectivity index (χ4n) is 2.49. The van der Waals surface area contributed by atoms with E-state index in [0.29, 0.717) is 19.6 Å². The van der Waals surface area contributed by atoms with Crippen molar-refractivity contribution in [1.29, 1.82) is 0 Å². The number of benzene rings is 1. The molecule has 0 radical (unpaired) electrons. The number of aryl methyl sites for hydroxylation is 1. The average molecular weight is 312 g/mol. The van der Waals surface area contributed by atoms with Crippen LogP contribution < -0.4 is 5.73 Å². The summed E-state index contributed by atoms with van der Waals surface area (Å²) >= 11 is 0. The number of methoxy groups -OCH3 is 1. The first kappa shape index (κ1) is 15.9. The van der Waals surface area contributed by atoms with E-state index in [1.165, 1.54) is 23.5 Å². The molecule has 0 amide bonds. The van der Waals surface area contributed by atoms with E-state index >= 15 is 0 Å². The number of sulfonamides is 1. The van der Waals surface area contributed by atoms with Gasteiger partial charge >= 0.3 is 5.97 Å². The van der Waals surface area contributed by atoms with Gasteiger partial charge in [-0.3, -0.25) is 0 Å². The maximum atomic E-state index is 12.7. The molecule has 1 aromatic rings. The van der Waals surface area contributed by atoms with Crippen molar-refractivity contribution in [3.63, 3.8) is 0 Å². The van der Waals surface area contributed by atoms with Gasteiger partial charge in [-0.05, 0) is 37.9 Å². The van der Waals surface area contributed by atoms with E-state index in [1.54, 1.807) is 13.0 Å². The lowest BCUT2D eigenvalue weighted by atomic mass is 10.1. The van der Waals surface area contributed by atoms with Gasteiger partial charge in [0.1, 0.15) is 0 Å². The first-order valence-corrected chi connectivity index (χ1v) is 8.23. The van der Waals surface area contributed by atoms with Crippen molar-refractivity contribution in [3.8, 4) is 0 Å². The van der Waals surface area contributed by atoms with E-state index in [2.05, 4.69) is 0 Å². The minimum absolute atomic E-state index is 0.00220. The fourth-order valence-corrected chi connectivity index (χ4v) is 4.18. The molecule has 1 fully saturated rings.